The van der Waals surface area contributed by atoms with Crippen molar-refractivity contribution >= 4 is 22.8 Å². The van der Waals surface area contributed by atoms with Gasteiger partial charge < -0.3 is 10.1 Å². The second-order valence-corrected chi connectivity index (χ2v) is 7.70. The largest absolute Gasteiger partial charge is 0.497 e. The molecule has 0 aliphatic rings. The lowest BCUT2D eigenvalue weighted by Gasteiger charge is -2.14. The molecular weight excluding hydrogens is 422 g/mol. The molecule has 4 rings (SSSR count). The van der Waals surface area contributed by atoms with E-state index in [-0.39, 0.29) is 24.3 Å². The van der Waals surface area contributed by atoms with Crippen molar-refractivity contribution < 1.29 is 9.53 Å². The first-order valence-electron chi connectivity index (χ1n) is 10.3. The molecule has 2 aromatic heterocycles. The molecule has 0 unspecified atom stereocenters. The molecular formula is C24H23N5O4. The SMILES string of the molecule is COc1ccc(Cn2c(=O)c3nccnc3n(CC(=O)Nc3ccc(C)cc3C)c2=O)cc1. The lowest BCUT2D eigenvalue weighted by atomic mass is 10.1. The Morgan fingerprint density at radius 2 is 1.73 bits per heavy atom. The van der Waals surface area contributed by atoms with Crippen LogP contribution in [0.25, 0.3) is 11.2 Å². The summed E-state index contributed by atoms with van der Waals surface area (Å²) in [6.07, 6.45) is 2.76. The molecule has 0 saturated heterocycles. The van der Waals surface area contributed by atoms with Crippen LogP contribution in [-0.2, 0) is 17.9 Å². The number of amides is 1. The molecule has 0 fully saturated rings. The highest BCUT2D eigenvalue weighted by atomic mass is 16.5. The highest BCUT2D eigenvalue weighted by Crippen LogP contribution is 2.16. The first-order valence-corrected chi connectivity index (χ1v) is 10.3. The maximum absolute atomic E-state index is 13.3. The number of nitrogens with zero attached hydrogens (tertiary/aromatic N) is 4. The number of rotatable bonds is 6. The van der Waals surface area contributed by atoms with E-state index < -0.39 is 17.2 Å². The number of hydrogen-bond acceptors (Lipinski definition) is 6. The van der Waals surface area contributed by atoms with Crippen LogP contribution in [0.2, 0.25) is 0 Å². The minimum atomic E-state index is -0.639. The van der Waals surface area contributed by atoms with Gasteiger partial charge in [-0.15, -0.1) is 0 Å². The summed E-state index contributed by atoms with van der Waals surface area (Å²) in [5.41, 5.74) is 2.24. The zero-order chi connectivity index (χ0) is 23.5. The molecule has 1 amide bonds. The van der Waals surface area contributed by atoms with Crippen LogP contribution in [0, 0.1) is 13.8 Å². The monoisotopic (exact) mass is 445 g/mol. The molecule has 0 saturated carbocycles. The summed E-state index contributed by atoms with van der Waals surface area (Å²) in [6, 6.07) is 12.7. The first kappa shape index (κ1) is 21.9. The van der Waals surface area contributed by atoms with Crippen LogP contribution in [0.15, 0.2) is 64.4 Å². The molecule has 1 N–H and O–H groups in total. The molecule has 0 spiro atoms. The minimum absolute atomic E-state index is 0.0185. The minimum Gasteiger partial charge on any atom is -0.497 e. The molecule has 0 aliphatic carbocycles. The Balaban J connectivity index is 1.73. The molecule has 0 atom stereocenters. The number of anilines is 1. The van der Waals surface area contributed by atoms with Crippen molar-refractivity contribution in [3.63, 3.8) is 0 Å². The van der Waals surface area contributed by atoms with Gasteiger partial charge in [-0.1, -0.05) is 29.8 Å². The van der Waals surface area contributed by atoms with Gasteiger partial charge in [0.2, 0.25) is 5.91 Å². The maximum atomic E-state index is 13.3. The number of aryl methyl sites for hydroxylation is 2. The van der Waals surface area contributed by atoms with Gasteiger partial charge in [-0.25, -0.2) is 14.8 Å². The van der Waals surface area contributed by atoms with E-state index in [1.165, 1.54) is 17.0 Å². The molecule has 0 aliphatic heterocycles. The number of hydrogen-bond donors (Lipinski definition) is 1. The van der Waals surface area contributed by atoms with Gasteiger partial charge in [0, 0.05) is 18.1 Å². The smallest absolute Gasteiger partial charge is 0.333 e. The van der Waals surface area contributed by atoms with Gasteiger partial charge in [0.05, 0.1) is 13.7 Å². The number of carbonyl (C=O) groups excluding carboxylic acids is 1. The van der Waals surface area contributed by atoms with Crippen molar-refractivity contribution in [3.05, 3.63) is 92.4 Å². The van der Waals surface area contributed by atoms with Gasteiger partial charge in [-0.05, 0) is 43.2 Å². The normalized spacial score (nSPS) is 10.9. The third-order valence-electron chi connectivity index (χ3n) is 5.30. The third-order valence-corrected chi connectivity index (χ3v) is 5.30. The zero-order valence-electron chi connectivity index (χ0n) is 18.5. The van der Waals surface area contributed by atoms with Crippen molar-refractivity contribution in [3.8, 4) is 5.75 Å². The van der Waals surface area contributed by atoms with Crippen molar-refractivity contribution in [1.29, 1.82) is 0 Å². The number of carbonyl (C=O) groups is 1. The van der Waals surface area contributed by atoms with Gasteiger partial charge in [-0.2, -0.15) is 0 Å². The van der Waals surface area contributed by atoms with E-state index >= 15 is 0 Å². The number of ether oxygens (including phenoxy) is 1. The van der Waals surface area contributed by atoms with Crippen molar-refractivity contribution in [2.75, 3.05) is 12.4 Å². The van der Waals surface area contributed by atoms with Crippen molar-refractivity contribution in [2.24, 2.45) is 0 Å². The highest BCUT2D eigenvalue weighted by Gasteiger charge is 2.18. The predicted octanol–water partition coefficient (Wildman–Crippen LogP) is 2.27. The Hall–Kier alpha value is -4.27. The summed E-state index contributed by atoms with van der Waals surface area (Å²) in [5, 5.41) is 2.83. The number of nitrogens with one attached hydrogen (secondary N) is 1. The molecule has 9 nitrogen and oxygen atoms in total. The van der Waals surface area contributed by atoms with Gasteiger partial charge in [0.25, 0.3) is 5.56 Å². The van der Waals surface area contributed by atoms with Crippen LogP contribution >= 0.6 is 0 Å². The summed E-state index contributed by atoms with van der Waals surface area (Å²) in [5.74, 6) is 0.251. The van der Waals surface area contributed by atoms with E-state index in [1.807, 2.05) is 32.0 Å². The van der Waals surface area contributed by atoms with Crippen LogP contribution < -0.4 is 21.3 Å². The Bertz CT molecular complexity index is 1450. The summed E-state index contributed by atoms with van der Waals surface area (Å²) in [4.78, 5) is 47.4. The number of methoxy groups -OCH3 is 1. The van der Waals surface area contributed by atoms with E-state index in [1.54, 1.807) is 31.4 Å². The van der Waals surface area contributed by atoms with Crippen LogP contribution in [0.3, 0.4) is 0 Å². The number of aromatic nitrogens is 4. The van der Waals surface area contributed by atoms with Crippen molar-refractivity contribution in [1.82, 2.24) is 19.1 Å². The van der Waals surface area contributed by atoms with Gasteiger partial charge in [-0.3, -0.25) is 18.7 Å². The van der Waals surface area contributed by atoms with Gasteiger partial charge >= 0.3 is 5.69 Å². The molecule has 168 valence electrons. The van der Waals surface area contributed by atoms with E-state index in [2.05, 4.69) is 15.3 Å². The molecule has 0 radical (unpaired) electrons. The van der Waals surface area contributed by atoms with E-state index in [0.29, 0.717) is 11.4 Å². The van der Waals surface area contributed by atoms with E-state index in [0.717, 1.165) is 21.3 Å². The Kier molecular flexibility index (Phi) is 6.03. The van der Waals surface area contributed by atoms with Crippen LogP contribution in [0.5, 0.6) is 5.75 Å². The van der Waals surface area contributed by atoms with Crippen LogP contribution in [-0.4, -0.2) is 32.1 Å². The van der Waals surface area contributed by atoms with E-state index in [4.69, 9.17) is 4.74 Å². The fourth-order valence-corrected chi connectivity index (χ4v) is 3.61. The summed E-state index contributed by atoms with van der Waals surface area (Å²) < 4.78 is 7.39. The Labute approximate surface area is 189 Å². The third kappa shape index (κ3) is 4.52. The lowest BCUT2D eigenvalue weighted by molar-refractivity contribution is -0.116. The van der Waals surface area contributed by atoms with Gasteiger partial charge in [0.15, 0.2) is 11.2 Å². The average molecular weight is 445 g/mol. The molecule has 2 aromatic carbocycles. The summed E-state index contributed by atoms with van der Waals surface area (Å²) >= 11 is 0. The topological polar surface area (TPSA) is 108 Å². The number of fused-ring (bicyclic) bond motifs is 1. The van der Waals surface area contributed by atoms with Gasteiger partial charge in [0.1, 0.15) is 12.3 Å². The lowest BCUT2D eigenvalue weighted by Crippen LogP contribution is -2.42. The second-order valence-electron chi connectivity index (χ2n) is 7.70. The Morgan fingerprint density at radius 3 is 2.42 bits per heavy atom. The molecule has 2 heterocycles. The quantitative estimate of drug-likeness (QED) is 0.488. The predicted molar refractivity (Wildman–Crippen MR) is 125 cm³/mol. The molecule has 0 bridgehead atoms. The summed E-state index contributed by atoms with van der Waals surface area (Å²) in [6.45, 7) is 3.57. The number of benzene rings is 2. The first-order chi connectivity index (χ1) is 15.9. The fourth-order valence-electron chi connectivity index (χ4n) is 3.61. The van der Waals surface area contributed by atoms with E-state index in [9.17, 15) is 14.4 Å². The maximum Gasteiger partial charge on any atom is 0.333 e. The molecule has 4 aromatic rings. The van der Waals surface area contributed by atoms with Crippen LogP contribution in [0.4, 0.5) is 5.69 Å². The average Bonchev–Trinajstić information content (AvgIpc) is 2.81. The molecule has 33 heavy (non-hydrogen) atoms. The zero-order valence-corrected chi connectivity index (χ0v) is 18.5. The standard InChI is InChI=1S/C24H23N5O4/c1-15-4-9-19(16(2)12-15)27-20(30)14-28-22-21(25-10-11-26-22)23(31)29(24(28)32)13-17-5-7-18(33-3)8-6-17/h4-12H,13-14H2,1-3H3,(H,27,30). The second kappa shape index (κ2) is 9.07. The highest BCUT2D eigenvalue weighted by molar-refractivity contribution is 5.92. The Morgan fingerprint density at radius 1 is 1.00 bits per heavy atom. The van der Waals surface area contributed by atoms with Crippen LogP contribution in [0.1, 0.15) is 16.7 Å². The summed E-state index contributed by atoms with van der Waals surface area (Å²) in [7, 11) is 1.56. The van der Waals surface area contributed by atoms with Crippen molar-refractivity contribution in [2.45, 2.75) is 26.9 Å². The fraction of sp³-hybridized carbons (Fsp3) is 0.208. The molecule has 9 heteroatoms.